The van der Waals surface area contributed by atoms with Crippen LogP contribution >= 0.6 is 11.8 Å². The van der Waals surface area contributed by atoms with Gasteiger partial charge < -0.3 is 10.6 Å². The highest BCUT2D eigenvalue weighted by molar-refractivity contribution is 7.99. The molecule has 0 aliphatic heterocycles. The fraction of sp³-hybridized carbons (Fsp3) is 0.462. The molecular formula is C13H20N2OS. The molecule has 0 fully saturated rings. The Bertz CT molecular complexity index is 329. The van der Waals surface area contributed by atoms with Crippen molar-refractivity contribution in [1.82, 2.24) is 4.90 Å². The summed E-state index contributed by atoms with van der Waals surface area (Å²) in [6.07, 6.45) is 2.80. The van der Waals surface area contributed by atoms with Gasteiger partial charge in [0.05, 0.1) is 5.75 Å². The SMILES string of the molecule is CSCC(=O)N(CCCN)Cc1ccccc1. The Kier molecular flexibility index (Phi) is 6.74. The standard InChI is InChI=1S/C13H20N2OS/c1-17-11-13(16)15(9-5-8-14)10-12-6-3-2-4-7-12/h2-4,6-7H,5,8-11,14H2,1H3. The Labute approximate surface area is 107 Å². The van der Waals surface area contributed by atoms with E-state index in [9.17, 15) is 4.79 Å². The van der Waals surface area contributed by atoms with E-state index in [1.807, 2.05) is 41.5 Å². The van der Waals surface area contributed by atoms with Crippen LogP contribution in [0.1, 0.15) is 12.0 Å². The number of carbonyl (C=O) groups is 1. The molecule has 0 saturated heterocycles. The molecule has 0 aliphatic carbocycles. The molecule has 0 saturated carbocycles. The number of thioether (sulfide) groups is 1. The van der Waals surface area contributed by atoms with E-state index >= 15 is 0 Å². The molecule has 0 radical (unpaired) electrons. The first-order chi connectivity index (χ1) is 8.27. The van der Waals surface area contributed by atoms with Crippen molar-refractivity contribution in [3.63, 3.8) is 0 Å². The summed E-state index contributed by atoms with van der Waals surface area (Å²) in [4.78, 5) is 13.8. The minimum absolute atomic E-state index is 0.190. The van der Waals surface area contributed by atoms with Crippen LogP contribution in [0, 0.1) is 0 Å². The Morgan fingerprint density at radius 2 is 2.06 bits per heavy atom. The highest BCUT2D eigenvalue weighted by atomic mass is 32.2. The number of benzene rings is 1. The van der Waals surface area contributed by atoms with E-state index < -0.39 is 0 Å². The maximum absolute atomic E-state index is 11.9. The molecule has 0 aliphatic rings. The van der Waals surface area contributed by atoms with Crippen LogP contribution in [0.5, 0.6) is 0 Å². The van der Waals surface area contributed by atoms with E-state index in [4.69, 9.17) is 5.73 Å². The first kappa shape index (κ1) is 14.1. The molecule has 0 heterocycles. The summed E-state index contributed by atoms with van der Waals surface area (Å²) in [5, 5.41) is 0. The summed E-state index contributed by atoms with van der Waals surface area (Å²) in [6, 6.07) is 10.1. The molecule has 94 valence electrons. The average Bonchev–Trinajstić information content (AvgIpc) is 2.36. The Balaban J connectivity index is 2.59. The van der Waals surface area contributed by atoms with Gasteiger partial charge in [0.2, 0.25) is 5.91 Å². The van der Waals surface area contributed by atoms with Crippen LogP contribution in [-0.2, 0) is 11.3 Å². The van der Waals surface area contributed by atoms with Crippen LogP contribution in [0.15, 0.2) is 30.3 Å². The van der Waals surface area contributed by atoms with Crippen LogP contribution < -0.4 is 5.73 Å². The predicted octanol–water partition coefficient (Wildman–Crippen LogP) is 1.73. The first-order valence-corrected chi connectivity index (χ1v) is 7.18. The number of nitrogens with two attached hydrogens (primary N) is 1. The highest BCUT2D eigenvalue weighted by Gasteiger charge is 2.12. The van der Waals surface area contributed by atoms with Crippen LogP contribution in [0.3, 0.4) is 0 Å². The second-order valence-corrected chi connectivity index (χ2v) is 4.74. The fourth-order valence-electron chi connectivity index (χ4n) is 1.59. The zero-order valence-corrected chi connectivity index (χ0v) is 11.1. The minimum Gasteiger partial charge on any atom is -0.338 e. The molecule has 0 atom stereocenters. The van der Waals surface area contributed by atoms with Crippen LogP contribution in [0.4, 0.5) is 0 Å². The van der Waals surface area contributed by atoms with Crippen molar-refractivity contribution >= 4 is 17.7 Å². The van der Waals surface area contributed by atoms with E-state index in [2.05, 4.69) is 0 Å². The van der Waals surface area contributed by atoms with E-state index in [0.717, 1.165) is 13.0 Å². The van der Waals surface area contributed by atoms with E-state index in [1.165, 1.54) is 5.56 Å². The number of nitrogens with zero attached hydrogens (tertiary/aromatic N) is 1. The zero-order valence-electron chi connectivity index (χ0n) is 10.3. The second kappa shape index (κ2) is 8.14. The third-order valence-electron chi connectivity index (χ3n) is 2.47. The molecule has 17 heavy (non-hydrogen) atoms. The molecule has 2 N–H and O–H groups in total. The Morgan fingerprint density at radius 3 is 2.65 bits per heavy atom. The topological polar surface area (TPSA) is 46.3 Å². The Morgan fingerprint density at radius 1 is 1.35 bits per heavy atom. The average molecular weight is 252 g/mol. The van der Waals surface area contributed by atoms with Gasteiger partial charge in [0.1, 0.15) is 0 Å². The van der Waals surface area contributed by atoms with Crippen molar-refractivity contribution in [2.24, 2.45) is 5.73 Å². The van der Waals surface area contributed by atoms with Gasteiger partial charge in [-0.25, -0.2) is 0 Å². The van der Waals surface area contributed by atoms with Crippen molar-refractivity contribution in [3.05, 3.63) is 35.9 Å². The monoisotopic (exact) mass is 252 g/mol. The van der Waals surface area contributed by atoms with Crippen molar-refractivity contribution in [3.8, 4) is 0 Å². The van der Waals surface area contributed by atoms with Gasteiger partial charge in [-0.15, -0.1) is 0 Å². The predicted molar refractivity (Wildman–Crippen MR) is 73.9 cm³/mol. The lowest BCUT2D eigenvalue weighted by atomic mass is 10.2. The largest absolute Gasteiger partial charge is 0.338 e. The van der Waals surface area contributed by atoms with Crippen molar-refractivity contribution in [2.45, 2.75) is 13.0 Å². The molecule has 0 bridgehead atoms. The fourth-order valence-corrected chi connectivity index (χ4v) is 2.02. The third-order valence-corrected chi connectivity index (χ3v) is 3.00. The number of carbonyl (C=O) groups excluding carboxylic acids is 1. The lowest BCUT2D eigenvalue weighted by Gasteiger charge is -2.22. The number of hydrogen-bond acceptors (Lipinski definition) is 3. The van der Waals surface area contributed by atoms with E-state index in [1.54, 1.807) is 11.8 Å². The molecule has 0 spiro atoms. The molecule has 1 aromatic carbocycles. The lowest BCUT2D eigenvalue weighted by molar-refractivity contribution is -0.129. The molecule has 3 nitrogen and oxygen atoms in total. The van der Waals surface area contributed by atoms with Gasteiger partial charge in [-0.05, 0) is 24.8 Å². The number of amides is 1. The summed E-state index contributed by atoms with van der Waals surface area (Å²) in [6.45, 7) is 2.04. The molecule has 1 amide bonds. The zero-order chi connectivity index (χ0) is 12.5. The van der Waals surface area contributed by atoms with Gasteiger partial charge in [-0.2, -0.15) is 11.8 Å². The smallest absolute Gasteiger partial charge is 0.232 e. The maximum atomic E-state index is 11.9. The van der Waals surface area contributed by atoms with Gasteiger partial charge in [0.15, 0.2) is 0 Å². The first-order valence-electron chi connectivity index (χ1n) is 5.78. The molecule has 1 rings (SSSR count). The maximum Gasteiger partial charge on any atom is 0.232 e. The lowest BCUT2D eigenvalue weighted by Crippen LogP contribution is -2.33. The van der Waals surface area contributed by atoms with Crippen molar-refractivity contribution in [1.29, 1.82) is 0 Å². The summed E-state index contributed by atoms with van der Waals surface area (Å²) >= 11 is 1.56. The van der Waals surface area contributed by atoms with Crippen LogP contribution in [0.25, 0.3) is 0 Å². The van der Waals surface area contributed by atoms with Crippen LogP contribution in [-0.4, -0.2) is 35.9 Å². The van der Waals surface area contributed by atoms with Gasteiger partial charge in [0, 0.05) is 13.1 Å². The van der Waals surface area contributed by atoms with E-state index in [0.29, 0.717) is 18.8 Å². The number of hydrogen-bond donors (Lipinski definition) is 1. The molecule has 4 heteroatoms. The molecule has 0 unspecified atom stereocenters. The van der Waals surface area contributed by atoms with Crippen molar-refractivity contribution < 1.29 is 4.79 Å². The van der Waals surface area contributed by atoms with Gasteiger partial charge >= 0.3 is 0 Å². The highest BCUT2D eigenvalue weighted by Crippen LogP contribution is 2.07. The molecule has 1 aromatic rings. The summed E-state index contributed by atoms with van der Waals surface area (Å²) in [5.74, 6) is 0.729. The third kappa shape index (κ3) is 5.24. The van der Waals surface area contributed by atoms with Crippen molar-refractivity contribution in [2.75, 3.05) is 25.1 Å². The summed E-state index contributed by atoms with van der Waals surface area (Å²) in [5.41, 5.74) is 6.67. The second-order valence-electron chi connectivity index (χ2n) is 3.88. The van der Waals surface area contributed by atoms with Gasteiger partial charge in [-0.1, -0.05) is 30.3 Å². The number of rotatable bonds is 7. The normalized spacial score (nSPS) is 10.2. The molecule has 0 aromatic heterocycles. The summed E-state index contributed by atoms with van der Waals surface area (Å²) in [7, 11) is 0. The van der Waals surface area contributed by atoms with Crippen LogP contribution in [0.2, 0.25) is 0 Å². The van der Waals surface area contributed by atoms with E-state index in [-0.39, 0.29) is 5.91 Å². The molecular weight excluding hydrogens is 232 g/mol. The summed E-state index contributed by atoms with van der Waals surface area (Å²) < 4.78 is 0. The van der Waals surface area contributed by atoms with Gasteiger partial charge in [0.25, 0.3) is 0 Å². The minimum atomic E-state index is 0.190. The Hall–Kier alpha value is -1.00. The van der Waals surface area contributed by atoms with Gasteiger partial charge in [-0.3, -0.25) is 4.79 Å². The quantitative estimate of drug-likeness (QED) is 0.804.